The Bertz CT molecular complexity index is 1980. The van der Waals surface area contributed by atoms with Gasteiger partial charge in [-0.1, -0.05) is 36.4 Å². The second-order valence-corrected chi connectivity index (χ2v) is 16.1. The molecular formula is C43H50N4O9. The minimum absolute atomic E-state index is 0.0147. The SMILES string of the molecule is COCCCN1C(=O)COc2ccc(N(C(=O)[C@H]3CN(C(=O)OC(C)(C)C)CC[C@@H]3c3cccc(-c4ccc(C(=O)N5CC(C(=O)O)C5)cc4)c3)C3CC3)cc21. The molecule has 1 aliphatic carbocycles. The highest BCUT2D eigenvalue weighted by Crippen LogP contribution is 2.43. The molecule has 0 spiro atoms. The van der Waals surface area contributed by atoms with E-state index in [-0.39, 0.29) is 55.9 Å². The van der Waals surface area contributed by atoms with Crippen molar-refractivity contribution in [3.8, 4) is 16.9 Å². The zero-order valence-corrected chi connectivity index (χ0v) is 32.4. The summed E-state index contributed by atoms with van der Waals surface area (Å²) in [6.45, 7) is 7.39. The Labute approximate surface area is 327 Å². The van der Waals surface area contributed by atoms with Gasteiger partial charge in [-0.3, -0.25) is 19.2 Å². The van der Waals surface area contributed by atoms with E-state index < -0.39 is 29.5 Å². The predicted molar refractivity (Wildman–Crippen MR) is 209 cm³/mol. The van der Waals surface area contributed by atoms with Crippen molar-refractivity contribution >= 4 is 41.2 Å². The fourth-order valence-electron chi connectivity index (χ4n) is 7.81. The van der Waals surface area contributed by atoms with Crippen LogP contribution in [-0.4, -0.2) is 109 Å². The van der Waals surface area contributed by atoms with Crippen LogP contribution in [0.1, 0.15) is 68.3 Å². The molecule has 2 saturated heterocycles. The summed E-state index contributed by atoms with van der Waals surface area (Å²) in [4.78, 5) is 72.4. The highest BCUT2D eigenvalue weighted by molar-refractivity contribution is 6.01. The summed E-state index contributed by atoms with van der Waals surface area (Å²) in [5, 5.41) is 9.20. The average molecular weight is 767 g/mol. The van der Waals surface area contributed by atoms with E-state index in [9.17, 15) is 24.3 Å². The summed E-state index contributed by atoms with van der Waals surface area (Å²) in [5.74, 6) is -2.08. The molecule has 2 atom stereocenters. The van der Waals surface area contributed by atoms with E-state index in [2.05, 4.69) is 6.07 Å². The normalized spacial score (nSPS) is 19.8. The van der Waals surface area contributed by atoms with Gasteiger partial charge in [0.15, 0.2) is 6.61 Å². The predicted octanol–water partition coefficient (Wildman–Crippen LogP) is 5.81. The maximum absolute atomic E-state index is 15.1. The third-order valence-electron chi connectivity index (χ3n) is 10.9. The van der Waals surface area contributed by atoms with Gasteiger partial charge in [0.2, 0.25) is 5.91 Å². The first-order valence-electron chi connectivity index (χ1n) is 19.4. The zero-order valence-electron chi connectivity index (χ0n) is 32.4. The van der Waals surface area contributed by atoms with Crippen LogP contribution in [-0.2, 0) is 23.9 Å². The number of carbonyl (C=O) groups excluding carboxylic acids is 4. The number of carbonyl (C=O) groups is 5. The van der Waals surface area contributed by atoms with Crippen LogP contribution in [0.2, 0.25) is 0 Å². The third kappa shape index (κ3) is 8.37. The molecule has 56 heavy (non-hydrogen) atoms. The fraction of sp³-hybridized carbons (Fsp3) is 0.465. The molecule has 13 nitrogen and oxygen atoms in total. The summed E-state index contributed by atoms with van der Waals surface area (Å²) >= 11 is 0. The van der Waals surface area contributed by atoms with Crippen molar-refractivity contribution in [3.05, 3.63) is 77.9 Å². The van der Waals surface area contributed by atoms with Gasteiger partial charge in [0, 0.05) is 63.7 Å². The number of benzene rings is 3. The van der Waals surface area contributed by atoms with E-state index >= 15 is 4.79 Å². The number of fused-ring (bicyclic) bond motifs is 1. The van der Waals surface area contributed by atoms with Crippen LogP contribution in [0.3, 0.4) is 0 Å². The van der Waals surface area contributed by atoms with Crippen LogP contribution >= 0.6 is 0 Å². The standard InChI is InChI=1S/C43H50N4O9/c1-43(2,3)56-42(53)44-19-17-34(30-8-5-7-29(21-30)27-9-11-28(12-10-27)39(49)45-23-31(24-45)41(51)52)35(25-44)40(50)47(32-13-14-32)33-15-16-37-36(22-33)46(18-6-20-54-4)38(48)26-55-37/h5,7-12,15-16,21-22,31-32,34-35H,6,13-14,17-20,23-26H2,1-4H3,(H,51,52)/t34-,35+/m1/s1. The van der Waals surface area contributed by atoms with Crippen LogP contribution in [0.4, 0.5) is 16.2 Å². The smallest absolute Gasteiger partial charge is 0.410 e. The molecule has 3 aliphatic heterocycles. The van der Waals surface area contributed by atoms with E-state index in [1.807, 2.05) is 74.2 Å². The number of hydrogen-bond donors (Lipinski definition) is 1. The maximum atomic E-state index is 15.1. The molecule has 0 unspecified atom stereocenters. The van der Waals surface area contributed by atoms with Crippen molar-refractivity contribution in [1.82, 2.24) is 9.80 Å². The number of aliphatic carboxylic acids is 1. The number of rotatable bonds is 11. The minimum atomic E-state index is -0.892. The van der Waals surface area contributed by atoms with E-state index in [1.165, 1.54) is 4.90 Å². The van der Waals surface area contributed by atoms with Crippen molar-refractivity contribution in [2.24, 2.45) is 11.8 Å². The number of carboxylic acid groups (broad SMARTS) is 1. The number of methoxy groups -OCH3 is 1. The third-order valence-corrected chi connectivity index (χ3v) is 10.9. The average Bonchev–Trinajstić information content (AvgIpc) is 3.99. The number of nitrogens with zero attached hydrogens (tertiary/aromatic N) is 4. The summed E-state index contributed by atoms with van der Waals surface area (Å²) in [7, 11) is 1.63. The zero-order chi connectivity index (χ0) is 39.7. The van der Waals surface area contributed by atoms with Gasteiger partial charge < -0.3 is 38.9 Å². The Morgan fingerprint density at radius 2 is 1.66 bits per heavy atom. The summed E-state index contributed by atoms with van der Waals surface area (Å²) in [6, 6.07) is 20.9. The van der Waals surface area contributed by atoms with Gasteiger partial charge in [-0.15, -0.1) is 0 Å². The first-order valence-corrected chi connectivity index (χ1v) is 19.4. The first-order chi connectivity index (χ1) is 26.8. The lowest BCUT2D eigenvalue weighted by Crippen LogP contribution is -2.53. The Kier molecular flexibility index (Phi) is 11.1. The van der Waals surface area contributed by atoms with Crippen LogP contribution in [0, 0.1) is 11.8 Å². The first kappa shape index (κ1) is 38.8. The largest absolute Gasteiger partial charge is 0.482 e. The lowest BCUT2D eigenvalue weighted by Gasteiger charge is -2.41. The monoisotopic (exact) mass is 766 g/mol. The highest BCUT2D eigenvalue weighted by Gasteiger charge is 2.44. The molecule has 13 heteroatoms. The molecule has 3 fully saturated rings. The molecule has 296 valence electrons. The maximum Gasteiger partial charge on any atom is 0.410 e. The molecule has 1 saturated carbocycles. The highest BCUT2D eigenvalue weighted by atomic mass is 16.6. The van der Waals surface area contributed by atoms with Gasteiger partial charge in [0.1, 0.15) is 11.4 Å². The van der Waals surface area contributed by atoms with Gasteiger partial charge in [0.25, 0.3) is 11.8 Å². The molecule has 0 bridgehead atoms. The number of carboxylic acids is 1. The van der Waals surface area contributed by atoms with Crippen LogP contribution in [0.25, 0.3) is 11.1 Å². The Hall–Kier alpha value is -5.43. The van der Waals surface area contributed by atoms with Crippen LogP contribution < -0.4 is 14.5 Å². The lowest BCUT2D eigenvalue weighted by atomic mass is 9.78. The van der Waals surface area contributed by atoms with Crippen molar-refractivity contribution in [3.63, 3.8) is 0 Å². The Balaban J connectivity index is 1.17. The number of ether oxygens (including phenoxy) is 3. The molecule has 3 heterocycles. The summed E-state index contributed by atoms with van der Waals surface area (Å²) < 4.78 is 16.8. The van der Waals surface area contributed by atoms with Crippen LogP contribution in [0.5, 0.6) is 5.75 Å². The number of amides is 4. The molecular weight excluding hydrogens is 716 g/mol. The van der Waals surface area contributed by atoms with E-state index in [0.29, 0.717) is 55.2 Å². The molecule has 0 radical (unpaired) electrons. The van der Waals surface area contributed by atoms with Crippen molar-refractivity contribution in [1.29, 1.82) is 0 Å². The van der Waals surface area contributed by atoms with Crippen molar-refractivity contribution in [2.45, 2.75) is 64.0 Å². The molecule has 0 aromatic heterocycles. The van der Waals surface area contributed by atoms with Crippen molar-refractivity contribution < 1.29 is 43.3 Å². The van der Waals surface area contributed by atoms with Gasteiger partial charge >= 0.3 is 12.1 Å². The number of anilines is 2. The van der Waals surface area contributed by atoms with Crippen molar-refractivity contribution in [2.75, 3.05) is 62.8 Å². The van der Waals surface area contributed by atoms with Gasteiger partial charge in [-0.2, -0.15) is 0 Å². The second-order valence-electron chi connectivity index (χ2n) is 16.1. The molecule has 4 amide bonds. The van der Waals surface area contributed by atoms with E-state index in [0.717, 1.165) is 29.5 Å². The number of hydrogen-bond acceptors (Lipinski definition) is 8. The van der Waals surface area contributed by atoms with Gasteiger partial charge in [-0.25, -0.2) is 4.79 Å². The topological polar surface area (TPSA) is 146 Å². The quantitative estimate of drug-likeness (QED) is 0.239. The minimum Gasteiger partial charge on any atom is -0.482 e. The van der Waals surface area contributed by atoms with Crippen LogP contribution in [0.15, 0.2) is 66.7 Å². The molecule has 3 aromatic carbocycles. The van der Waals surface area contributed by atoms with E-state index in [4.69, 9.17) is 14.2 Å². The van der Waals surface area contributed by atoms with Gasteiger partial charge in [0.05, 0.1) is 17.5 Å². The number of piperidine rings is 1. The lowest BCUT2D eigenvalue weighted by molar-refractivity contribution is -0.146. The van der Waals surface area contributed by atoms with E-state index in [1.54, 1.807) is 29.0 Å². The molecule has 7 rings (SSSR count). The molecule has 3 aromatic rings. The Morgan fingerprint density at radius 1 is 0.911 bits per heavy atom. The summed E-state index contributed by atoms with van der Waals surface area (Å²) in [5.41, 5.74) is 3.88. The number of likely N-dealkylation sites (tertiary alicyclic amines) is 2. The second kappa shape index (κ2) is 16.0. The molecule has 4 aliphatic rings. The fourth-order valence-corrected chi connectivity index (χ4v) is 7.81. The summed E-state index contributed by atoms with van der Waals surface area (Å²) in [6.07, 6.45) is 2.42. The van der Waals surface area contributed by atoms with Gasteiger partial charge in [-0.05, 0) is 99.4 Å². The molecule has 1 N–H and O–H groups in total. The Morgan fingerprint density at radius 3 is 2.34 bits per heavy atom.